The maximum absolute atomic E-state index is 9.80. The number of nitrogens with one attached hydrogen (secondary N) is 1. The zero-order chi connectivity index (χ0) is 4.99. The molecule has 36 valence electrons. The molecule has 2 N–H and O–H groups in total. The fourth-order valence-corrected chi connectivity index (χ4v) is 0.137. The van der Waals surface area contributed by atoms with Crippen LogP contribution in [0.2, 0.25) is 0 Å². The molecule has 0 spiro atoms. The first kappa shape index (κ1) is 5.86. The molecule has 3 nitrogen and oxygen atoms in total. The first-order valence-corrected chi connectivity index (χ1v) is 1.99. The summed E-state index contributed by atoms with van der Waals surface area (Å²) in [6.07, 6.45) is 0. The summed E-state index contributed by atoms with van der Waals surface area (Å²) in [4.78, 5) is 9.80. The van der Waals surface area contributed by atoms with Crippen LogP contribution >= 0.6 is 9.39 Å². The van der Waals surface area contributed by atoms with Gasteiger partial charge in [0.15, 0.2) is 0 Å². The highest BCUT2D eigenvalue weighted by Gasteiger charge is 1.86. The van der Waals surface area contributed by atoms with Crippen molar-refractivity contribution in [3.8, 4) is 0 Å². The molecular weight excluding hydrogens is 101 g/mol. The van der Waals surface area contributed by atoms with Gasteiger partial charge in [-0.1, -0.05) is 0 Å². The van der Waals surface area contributed by atoms with Gasteiger partial charge in [0, 0.05) is 0 Å². The Morgan fingerprint density at radius 2 is 2.50 bits per heavy atom. The zero-order valence-electron chi connectivity index (χ0n) is 3.14. The third-order valence-corrected chi connectivity index (χ3v) is 0.627. The van der Waals surface area contributed by atoms with E-state index in [4.69, 9.17) is 5.11 Å². The Morgan fingerprint density at radius 3 is 2.50 bits per heavy atom. The van der Waals surface area contributed by atoms with Crippen LogP contribution < -0.4 is 5.09 Å². The van der Waals surface area contributed by atoms with Crippen molar-refractivity contribution >= 4 is 15.3 Å². The van der Waals surface area contributed by atoms with Gasteiger partial charge in [-0.25, -0.2) is 0 Å². The molecule has 0 fully saturated rings. The average molecular weight is 107 g/mol. The van der Waals surface area contributed by atoms with Crippen LogP contribution in [0.1, 0.15) is 0 Å². The Balaban J connectivity index is 2.99. The van der Waals surface area contributed by atoms with E-state index < -0.39 is 6.61 Å². The molecule has 0 radical (unpaired) electrons. The van der Waals surface area contributed by atoms with Gasteiger partial charge in [0.2, 0.25) is 5.91 Å². The maximum Gasteiger partial charge on any atom is 0.248 e. The van der Waals surface area contributed by atoms with Crippen molar-refractivity contribution in [2.45, 2.75) is 0 Å². The lowest BCUT2D eigenvalue weighted by atomic mass is 10.7. The van der Waals surface area contributed by atoms with Gasteiger partial charge in [0.05, 0.1) is 0 Å². The van der Waals surface area contributed by atoms with Crippen molar-refractivity contribution < 1.29 is 9.90 Å². The molecule has 0 aromatic rings. The van der Waals surface area contributed by atoms with Gasteiger partial charge in [-0.15, -0.1) is 0 Å². The molecule has 0 aromatic heterocycles. The van der Waals surface area contributed by atoms with E-state index in [0.717, 1.165) is 0 Å². The zero-order valence-corrected chi connectivity index (χ0v) is 4.29. The largest absolute Gasteiger partial charge is 0.387 e. The van der Waals surface area contributed by atoms with Crippen LogP contribution in [0.15, 0.2) is 0 Å². The van der Waals surface area contributed by atoms with E-state index in [2.05, 4.69) is 5.09 Å². The number of amides is 1. The van der Waals surface area contributed by atoms with Gasteiger partial charge in [-0.2, -0.15) is 0 Å². The predicted molar refractivity (Wildman–Crippen MR) is 24.9 cm³/mol. The summed E-state index contributed by atoms with van der Waals surface area (Å²) in [5, 5.41) is 10.1. The Hall–Kier alpha value is -0.140. The molecule has 0 rings (SSSR count). The fourth-order valence-electron chi connectivity index (χ4n) is 0.0456. The van der Waals surface area contributed by atoms with Crippen LogP contribution in [-0.2, 0) is 4.79 Å². The summed E-state index contributed by atoms with van der Waals surface area (Å²) in [5.41, 5.74) is 0. The third kappa shape index (κ3) is 2.12. The van der Waals surface area contributed by atoms with E-state index in [-0.39, 0.29) is 5.91 Å². The Morgan fingerprint density at radius 1 is 2.00 bits per heavy atom. The van der Waals surface area contributed by atoms with Gasteiger partial charge < -0.3 is 10.2 Å². The Kier molecular flexibility index (Phi) is 2.99. The normalized spacial score (nSPS) is 7.67. The summed E-state index contributed by atoms with van der Waals surface area (Å²) < 4.78 is 0. The molecule has 0 heterocycles. The van der Waals surface area contributed by atoms with Crippen LogP contribution in [0, 0.1) is 0 Å². The molecule has 4 heteroatoms. The number of hydrogen-bond donors (Lipinski definition) is 2. The monoisotopic (exact) mass is 107 g/mol. The number of hydrogen-bond acceptors (Lipinski definition) is 2. The quantitative estimate of drug-likeness (QED) is 0.417. The van der Waals surface area contributed by atoms with Gasteiger partial charge in [-0.05, 0) is 9.39 Å². The maximum atomic E-state index is 9.80. The predicted octanol–water partition coefficient (Wildman–Crippen LogP) is -1.12. The van der Waals surface area contributed by atoms with Gasteiger partial charge in [-0.3, -0.25) is 4.79 Å². The molecule has 1 amide bonds. The molecular formula is C2H6NO2P. The molecule has 0 aliphatic carbocycles. The second kappa shape index (κ2) is 3.07. The number of carbonyl (C=O) groups excluding carboxylic acids is 1. The molecule has 0 aliphatic heterocycles. The van der Waals surface area contributed by atoms with Crippen molar-refractivity contribution in [3.05, 3.63) is 0 Å². The summed E-state index contributed by atoms with van der Waals surface area (Å²) in [6, 6.07) is 0. The smallest absolute Gasteiger partial charge is 0.248 e. The highest BCUT2D eigenvalue weighted by atomic mass is 31.0. The Labute approximate surface area is 38.0 Å². The van der Waals surface area contributed by atoms with Crippen LogP contribution in [0.5, 0.6) is 0 Å². The van der Waals surface area contributed by atoms with E-state index >= 15 is 0 Å². The number of rotatable bonds is 1. The highest BCUT2D eigenvalue weighted by Crippen LogP contribution is 1.66. The third-order valence-electron chi connectivity index (χ3n) is 0.305. The molecule has 0 saturated heterocycles. The topological polar surface area (TPSA) is 49.3 Å². The SMILES string of the molecule is O=C(CO)NP. The standard InChI is InChI=1S/C2H6NO2P/c4-1-2(5)3-6/h4H,1,6H2,(H,3,5). The lowest BCUT2D eigenvalue weighted by Crippen LogP contribution is -2.15. The lowest BCUT2D eigenvalue weighted by Gasteiger charge is -1.86. The van der Waals surface area contributed by atoms with E-state index in [1.54, 1.807) is 0 Å². The minimum atomic E-state index is -0.441. The van der Waals surface area contributed by atoms with Gasteiger partial charge in [0.1, 0.15) is 6.61 Å². The van der Waals surface area contributed by atoms with E-state index in [1.807, 2.05) is 9.39 Å². The van der Waals surface area contributed by atoms with Crippen LogP contribution in [0.4, 0.5) is 0 Å². The first-order valence-electron chi connectivity index (χ1n) is 1.41. The highest BCUT2D eigenvalue weighted by molar-refractivity contribution is 7.15. The summed E-state index contributed by atoms with van der Waals surface area (Å²) in [7, 11) is 1.98. The van der Waals surface area contributed by atoms with Crippen molar-refractivity contribution in [2.75, 3.05) is 6.61 Å². The van der Waals surface area contributed by atoms with Crippen LogP contribution in [-0.4, -0.2) is 17.6 Å². The number of carbonyl (C=O) groups is 1. The first-order chi connectivity index (χ1) is 2.81. The van der Waals surface area contributed by atoms with Gasteiger partial charge >= 0.3 is 0 Å². The second-order valence-corrected chi connectivity index (χ2v) is 1.01. The molecule has 0 saturated carbocycles. The summed E-state index contributed by atoms with van der Waals surface area (Å²) in [6.45, 7) is -0.441. The molecule has 0 aliphatic rings. The average Bonchev–Trinajstić information content (AvgIpc) is 1.65. The van der Waals surface area contributed by atoms with Crippen molar-refractivity contribution in [2.24, 2.45) is 0 Å². The van der Waals surface area contributed by atoms with Crippen molar-refractivity contribution in [3.63, 3.8) is 0 Å². The minimum Gasteiger partial charge on any atom is -0.387 e. The van der Waals surface area contributed by atoms with E-state index in [0.29, 0.717) is 0 Å². The second-order valence-electron chi connectivity index (χ2n) is 0.726. The van der Waals surface area contributed by atoms with Crippen LogP contribution in [0.3, 0.4) is 0 Å². The molecule has 0 aromatic carbocycles. The summed E-state index contributed by atoms with van der Waals surface area (Å²) >= 11 is 0. The lowest BCUT2D eigenvalue weighted by molar-refractivity contribution is -0.121. The minimum absolute atomic E-state index is 0.389. The van der Waals surface area contributed by atoms with E-state index in [9.17, 15) is 4.79 Å². The van der Waals surface area contributed by atoms with Crippen molar-refractivity contribution in [1.29, 1.82) is 0 Å². The van der Waals surface area contributed by atoms with Gasteiger partial charge in [0.25, 0.3) is 0 Å². The van der Waals surface area contributed by atoms with Crippen LogP contribution in [0.25, 0.3) is 0 Å². The van der Waals surface area contributed by atoms with E-state index in [1.165, 1.54) is 0 Å². The molecule has 0 bridgehead atoms. The Bertz CT molecular complexity index is 49.5. The fraction of sp³-hybridized carbons (Fsp3) is 0.500. The number of aliphatic hydroxyl groups excluding tert-OH is 1. The molecule has 6 heavy (non-hydrogen) atoms. The summed E-state index contributed by atoms with van der Waals surface area (Å²) in [5.74, 6) is -0.389. The molecule has 1 unspecified atom stereocenters. The molecule has 1 atom stereocenters. The van der Waals surface area contributed by atoms with Crippen molar-refractivity contribution in [1.82, 2.24) is 5.09 Å². The number of aliphatic hydroxyl groups is 1.